The normalized spacial score (nSPS) is 22.5. The van der Waals surface area contributed by atoms with Gasteiger partial charge in [0.05, 0.1) is 30.4 Å². The van der Waals surface area contributed by atoms with Gasteiger partial charge in [0.1, 0.15) is 5.75 Å². The number of amides is 3. The highest BCUT2D eigenvalue weighted by atomic mass is 16.5. The lowest BCUT2D eigenvalue weighted by Crippen LogP contribution is -2.49. The van der Waals surface area contributed by atoms with Gasteiger partial charge in [-0.2, -0.15) is 0 Å². The molecule has 1 aromatic carbocycles. The number of rotatable bonds is 6. The van der Waals surface area contributed by atoms with Crippen molar-refractivity contribution >= 4 is 17.6 Å². The van der Waals surface area contributed by atoms with E-state index in [9.17, 15) is 14.7 Å². The second kappa shape index (κ2) is 14.4. The van der Waals surface area contributed by atoms with Crippen molar-refractivity contribution < 1.29 is 24.2 Å². The summed E-state index contributed by atoms with van der Waals surface area (Å²) in [5.74, 6) is 0.275. The number of carbonyl (C=O) groups is 2. The van der Waals surface area contributed by atoms with E-state index in [4.69, 9.17) is 9.47 Å². The number of benzene rings is 1. The third-order valence-electron chi connectivity index (χ3n) is 6.76. The highest BCUT2D eigenvalue weighted by Gasteiger charge is 2.31. The summed E-state index contributed by atoms with van der Waals surface area (Å²) in [6.07, 6.45) is 2.30. The lowest BCUT2D eigenvalue weighted by Gasteiger charge is -2.36. The fourth-order valence-corrected chi connectivity index (χ4v) is 4.36. The number of aliphatic hydroxyl groups excluding tert-OH is 1. The fraction of sp³-hybridized carbons (Fsp3) is 0.714. The van der Waals surface area contributed by atoms with Crippen LogP contribution in [0.4, 0.5) is 10.5 Å². The minimum atomic E-state index is -0.404. The van der Waals surface area contributed by atoms with E-state index in [2.05, 4.69) is 5.32 Å². The van der Waals surface area contributed by atoms with Gasteiger partial charge in [-0.05, 0) is 65.2 Å². The Kier molecular flexibility index (Phi) is 12.0. The minimum Gasteiger partial charge on any atom is -0.490 e. The van der Waals surface area contributed by atoms with Gasteiger partial charge in [0.15, 0.2) is 0 Å². The molecule has 0 radical (unpaired) electrons. The maximum atomic E-state index is 14.0. The summed E-state index contributed by atoms with van der Waals surface area (Å²) >= 11 is 0. The Hall–Kier alpha value is -2.52. The van der Waals surface area contributed by atoms with Crippen LogP contribution in [0.1, 0.15) is 64.2 Å². The molecule has 9 heteroatoms. The van der Waals surface area contributed by atoms with Crippen molar-refractivity contribution in [3.05, 3.63) is 23.8 Å². The summed E-state index contributed by atoms with van der Waals surface area (Å²) in [5, 5.41) is 13.0. The molecule has 37 heavy (non-hydrogen) atoms. The molecule has 1 aliphatic heterocycles. The lowest BCUT2D eigenvalue weighted by atomic mass is 10.0. The summed E-state index contributed by atoms with van der Waals surface area (Å²) in [6.45, 7) is 10.9. The van der Waals surface area contributed by atoms with E-state index in [0.717, 1.165) is 24.9 Å². The predicted octanol–water partition coefficient (Wildman–Crippen LogP) is 3.60. The van der Waals surface area contributed by atoms with Gasteiger partial charge in [0.25, 0.3) is 5.91 Å². The largest absolute Gasteiger partial charge is 0.490 e. The molecule has 0 fully saturated rings. The van der Waals surface area contributed by atoms with E-state index in [0.29, 0.717) is 31.0 Å². The molecule has 0 saturated carbocycles. The van der Waals surface area contributed by atoms with Crippen LogP contribution >= 0.6 is 0 Å². The van der Waals surface area contributed by atoms with Crippen LogP contribution in [-0.4, -0.2) is 98.6 Å². The first-order valence-corrected chi connectivity index (χ1v) is 13.5. The molecule has 0 aliphatic carbocycles. The SMILES string of the molecule is CC(C)NC(=O)N(C)C[C@H]1OCCCC[C@H](C)Oc2ccc(N(C)C)cc2C(=O)N([C@H](C)CO)C[C@H]1C. The summed E-state index contributed by atoms with van der Waals surface area (Å²) < 4.78 is 12.6. The van der Waals surface area contributed by atoms with Crippen LogP contribution in [0.15, 0.2) is 18.2 Å². The molecule has 0 aromatic heterocycles. The molecule has 0 saturated heterocycles. The minimum absolute atomic E-state index is 0.0344. The van der Waals surface area contributed by atoms with Gasteiger partial charge in [-0.3, -0.25) is 4.79 Å². The van der Waals surface area contributed by atoms with Gasteiger partial charge in [0, 0.05) is 58.5 Å². The Bertz CT molecular complexity index is 878. The van der Waals surface area contributed by atoms with Crippen LogP contribution < -0.4 is 15.0 Å². The Morgan fingerprint density at radius 3 is 2.51 bits per heavy atom. The van der Waals surface area contributed by atoms with Gasteiger partial charge in [-0.15, -0.1) is 0 Å². The molecule has 2 rings (SSSR count). The molecule has 0 unspecified atom stereocenters. The van der Waals surface area contributed by atoms with Crippen LogP contribution in [0, 0.1) is 5.92 Å². The van der Waals surface area contributed by atoms with E-state index in [1.807, 2.05) is 71.8 Å². The zero-order valence-corrected chi connectivity index (χ0v) is 24.0. The highest BCUT2D eigenvalue weighted by Crippen LogP contribution is 2.29. The first-order valence-electron chi connectivity index (χ1n) is 13.5. The van der Waals surface area contributed by atoms with Crippen LogP contribution in [-0.2, 0) is 4.74 Å². The average molecular weight is 521 g/mol. The van der Waals surface area contributed by atoms with E-state index in [1.54, 1.807) is 16.8 Å². The monoisotopic (exact) mass is 520 g/mol. The maximum Gasteiger partial charge on any atom is 0.317 e. The van der Waals surface area contributed by atoms with Crippen molar-refractivity contribution in [3.8, 4) is 5.75 Å². The third-order valence-corrected chi connectivity index (χ3v) is 6.76. The third kappa shape index (κ3) is 9.07. The second-order valence-corrected chi connectivity index (χ2v) is 10.9. The number of aliphatic hydroxyl groups is 1. The standard InChI is InChI=1S/C28H48N4O5/c1-19(2)29-28(35)31(8)17-26-20(3)16-32(21(4)18-33)27(34)24-15-23(30(6)7)12-13-25(24)37-22(5)11-9-10-14-36-26/h12-13,15,19-22,26,33H,9-11,14,16-18H2,1-8H3,(H,29,35)/t20-,21-,22+,26-/m1/s1. The van der Waals surface area contributed by atoms with Crippen molar-refractivity contribution in [1.29, 1.82) is 0 Å². The van der Waals surface area contributed by atoms with Crippen molar-refractivity contribution in [3.63, 3.8) is 0 Å². The zero-order valence-electron chi connectivity index (χ0n) is 24.0. The van der Waals surface area contributed by atoms with E-state index in [-0.39, 0.29) is 42.7 Å². The number of nitrogens with one attached hydrogen (secondary N) is 1. The molecule has 210 valence electrons. The number of ether oxygens (including phenoxy) is 2. The summed E-state index contributed by atoms with van der Waals surface area (Å²) in [6, 6.07) is 5.15. The van der Waals surface area contributed by atoms with Crippen LogP contribution in [0.5, 0.6) is 5.75 Å². The predicted molar refractivity (Wildman–Crippen MR) is 147 cm³/mol. The fourth-order valence-electron chi connectivity index (χ4n) is 4.36. The number of nitrogens with zero attached hydrogens (tertiary/aromatic N) is 3. The van der Waals surface area contributed by atoms with E-state index < -0.39 is 6.04 Å². The quantitative estimate of drug-likeness (QED) is 0.595. The summed E-state index contributed by atoms with van der Waals surface area (Å²) in [4.78, 5) is 31.9. The molecular weight excluding hydrogens is 472 g/mol. The van der Waals surface area contributed by atoms with Crippen molar-refractivity contribution in [2.75, 3.05) is 52.3 Å². The molecular formula is C28H48N4O5. The van der Waals surface area contributed by atoms with Crippen LogP contribution in [0.25, 0.3) is 0 Å². The molecule has 9 nitrogen and oxygen atoms in total. The Balaban J connectivity index is 2.43. The number of hydrogen-bond acceptors (Lipinski definition) is 6. The number of fused-ring (bicyclic) bond motifs is 1. The molecule has 0 bridgehead atoms. The molecule has 3 amide bonds. The van der Waals surface area contributed by atoms with Crippen LogP contribution in [0.2, 0.25) is 0 Å². The Morgan fingerprint density at radius 2 is 1.89 bits per heavy atom. The highest BCUT2D eigenvalue weighted by molar-refractivity contribution is 5.98. The topological polar surface area (TPSA) is 94.6 Å². The number of urea groups is 1. The van der Waals surface area contributed by atoms with Gasteiger partial charge >= 0.3 is 6.03 Å². The van der Waals surface area contributed by atoms with Crippen LogP contribution in [0.3, 0.4) is 0 Å². The number of anilines is 1. The molecule has 1 aromatic rings. The molecule has 1 heterocycles. The van der Waals surface area contributed by atoms with Gasteiger partial charge in [-0.1, -0.05) is 6.92 Å². The average Bonchev–Trinajstić information content (AvgIpc) is 2.84. The molecule has 2 N–H and O–H groups in total. The van der Waals surface area contributed by atoms with Crippen molar-refractivity contribution in [2.24, 2.45) is 5.92 Å². The van der Waals surface area contributed by atoms with Crippen molar-refractivity contribution in [1.82, 2.24) is 15.1 Å². The number of likely N-dealkylation sites (N-methyl/N-ethyl adjacent to an activating group) is 1. The molecule has 1 aliphatic rings. The van der Waals surface area contributed by atoms with Gasteiger partial charge < -0.3 is 34.6 Å². The maximum absolute atomic E-state index is 14.0. The Labute approximate surface area is 223 Å². The van der Waals surface area contributed by atoms with Gasteiger partial charge in [0.2, 0.25) is 0 Å². The first kappa shape index (κ1) is 30.7. The first-order chi connectivity index (χ1) is 17.4. The second-order valence-electron chi connectivity index (χ2n) is 10.9. The number of carbonyl (C=O) groups excluding carboxylic acids is 2. The van der Waals surface area contributed by atoms with E-state index >= 15 is 0 Å². The molecule has 0 spiro atoms. The van der Waals surface area contributed by atoms with Gasteiger partial charge in [-0.25, -0.2) is 4.79 Å². The van der Waals surface area contributed by atoms with E-state index in [1.165, 1.54) is 0 Å². The smallest absolute Gasteiger partial charge is 0.317 e. The van der Waals surface area contributed by atoms with Crippen molar-refractivity contribution in [2.45, 2.75) is 78.2 Å². The number of hydrogen-bond donors (Lipinski definition) is 2. The molecule has 4 atom stereocenters. The lowest BCUT2D eigenvalue weighted by molar-refractivity contribution is -0.0122. The Morgan fingerprint density at radius 1 is 1.19 bits per heavy atom. The summed E-state index contributed by atoms with van der Waals surface area (Å²) in [5.41, 5.74) is 1.38. The zero-order chi connectivity index (χ0) is 27.7. The summed E-state index contributed by atoms with van der Waals surface area (Å²) in [7, 11) is 5.63.